The summed E-state index contributed by atoms with van der Waals surface area (Å²) in [4.78, 5) is 40.2. The van der Waals surface area contributed by atoms with Crippen molar-refractivity contribution in [2.45, 2.75) is 38.9 Å². The van der Waals surface area contributed by atoms with Crippen LogP contribution in [0.25, 0.3) is 0 Å². The average molecular weight is 462 g/mol. The number of aromatic nitrogens is 1. The van der Waals surface area contributed by atoms with E-state index >= 15 is 0 Å². The van der Waals surface area contributed by atoms with Crippen LogP contribution in [0.15, 0.2) is 23.1 Å². The van der Waals surface area contributed by atoms with Crippen LogP contribution in [0.5, 0.6) is 5.75 Å². The van der Waals surface area contributed by atoms with Crippen molar-refractivity contribution in [1.82, 2.24) is 14.9 Å². The third kappa shape index (κ3) is 3.17. The fourth-order valence-corrected chi connectivity index (χ4v) is 5.02. The normalized spacial score (nSPS) is 25.3. The van der Waals surface area contributed by atoms with Crippen molar-refractivity contribution in [3.63, 3.8) is 0 Å². The Morgan fingerprint density at radius 2 is 1.76 bits per heavy atom. The first-order valence-electron chi connectivity index (χ1n) is 10.6. The SMILES string of the molecule is CC1C2CC2C(C)N2CN1C(=O)c1c(O)c(=O)c(C(=O)NCc3c(F)cc(F)cc3F)cn12. The second-order valence-electron chi connectivity index (χ2n) is 8.84. The summed E-state index contributed by atoms with van der Waals surface area (Å²) in [6.45, 7) is 3.51. The van der Waals surface area contributed by atoms with E-state index in [0.717, 1.165) is 6.42 Å². The zero-order valence-electron chi connectivity index (χ0n) is 17.8. The van der Waals surface area contributed by atoms with E-state index in [1.165, 1.54) is 10.9 Å². The van der Waals surface area contributed by atoms with Crippen molar-refractivity contribution in [3.8, 4) is 5.75 Å². The maximum absolute atomic E-state index is 13.9. The molecule has 0 spiro atoms. The number of halogens is 3. The van der Waals surface area contributed by atoms with Crippen LogP contribution >= 0.6 is 0 Å². The monoisotopic (exact) mass is 462 g/mol. The molecule has 5 rings (SSSR count). The van der Waals surface area contributed by atoms with Gasteiger partial charge in [-0.1, -0.05) is 0 Å². The van der Waals surface area contributed by atoms with Crippen LogP contribution in [0.3, 0.4) is 0 Å². The van der Waals surface area contributed by atoms with Crippen molar-refractivity contribution >= 4 is 11.8 Å². The molecule has 1 aromatic heterocycles. The van der Waals surface area contributed by atoms with Gasteiger partial charge in [0.15, 0.2) is 11.4 Å². The molecule has 4 unspecified atom stereocenters. The van der Waals surface area contributed by atoms with E-state index in [0.29, 0.717) is 24.0 Å². The minimum atomic E-state index is -1.19. The number of fused-ring (bicyclic) bond motifs is 5. The number of nitrogens with one attached hydrogen (secondary N) is 1. The van der Waals surface area contributed by atoms with Crippen molar-refractivity contribution < 1.29 is 27.9 Å². The minimum Gasteiger partial charge on any atom is -0.502 e. The molecule has 2 aliphatic heterocycles. The van der Waals surface area contributed by atoms with Gasteiger partial charge in [-0.25, -0.2) is 13.2 Å². The topological polar surface area (TPSA) is 94.9 Å². The Kier molecular flexibility index (Phi) is 4.69. The van der Waals surface area contributed by atoms with Gasteiger partial charge in [-0.3, -0.25) is 24.1 Å². The molecule has 2 N–H and O–H groups in total. The molecule has 4 atom stereocenters. The van der Waals surface area contributed by atoms with Gasteiger partial charge in [0.1, 0.15) is 29.7 Å². The summed E-state index contributed by atoms with van der Waals surface area (Å²) in [6, 6.07) is 0.888. The van der Waals surface area contributed by atoms with Gasteiger partial charge in [0, 0.05) is 42.5 Å². The highest BCUT2D eigenvalue weighted by Gasteiger charge is 2.54. The maximum atomic E-state index is 13.9. The number of rotatable bonds is 3. The molecule has 33 heavy (non-hydrogen) atoms. The highest BCUT2D eigenvalue weighted by molar-refractivity contribution is 5.99. The van der Waals surface area contributed by atoms with Gasteiger partial charge < -0.3 is 15.3 Å². The fraction of sp³-hybridized carbons (Fsp3) is 0.409. The molecule has 11 heteroatoms. The number of carbonyl (C=O) groups excluding carboxylic acids is 2. The molecule has 0 radical (unpaired) electrons. The number of pyridine rings is 1. The minimum absolute atomic E-state index is 0.0190. The fourth-order valence-electron chi connectivity index (χ4n) is 5.02. The average Bonchev–Trinajstić information content (AvgIpc) is 3.55. The van der Waals surface area contributed by atoms with Crippen molar-refractivity contribution in [2.24, 2.45) is 11.8 Å². The quantitative estimate of drug-likeness (QED) is 0.724. The van der Waals surface area contributed by atoms with Crippen LogP contribution < -0.4 is 15.8 Å². The maximum Gasteiger partial charge on any atom is 0.278 e. The van der Waals surface area contributed by atoms with Crippen LogP contribution in [0.1, 0.15) is 46.7 Å². The van der Waals surface area contributed by atoms with E-state index in [1.54, 1.807) is 4.90 Å². The van der Waals surface area contributed by atoms with Crippen LogP contribution in [-0.4, -0.2) is 45.2 Å². The molecule has 2 amide bonds. The molecule has 1 saturated carbocycles. The summed E-state index contributed by atoms with van der Waals surface area (Å²) >= 11 is 0. The lowest BCUT2D eigenvalue weighted by Crippen LogP contribution is -2.58. The summed E-state index contributed by atoms with van der Waals surface area (Å²) < 4.78 is 42.2. The number of amides is 2. The van der Waals surface area contributed by atoms with Gasteiger partial charge in [-0.15, -0.1) is 0 Å². The van der Waals surface area contributed by atoms with Gasteiger partial charge in [0.2, 0.25) is 5.43 Å². The molecule has 3 aliphatic rings. The third-order valence-corrected chi connectivity index (χ3v) is 7.07. The molecule has 1 aliphatic carbocycles. The van der Waals surface area contributed by atoms with E-state index in [1.807, 2.05) is 18.9 Å². The largest absolute Gasteiger partial charge is 0.502 e. The number of nitrogens with zero attached hydrogens (tertiary/aromatic N) is 3. The predicted molar refractivity (Wildman–Crippen MR) is 110 cm³/mol. The van der Waals surface area contributed by atoms with Gasteiger partial charge >= 0.3 is 0 Å². The summed E-state index contributed by atoms with van der Waals surface area (Å²) in [6.07, 6.45) is 2.12. The van der Waals surface area contributed by atoms with Gasteiger partial charge in [-0.2, -0.15) is 0 Å². The summed E-state index contributed by atoms with van der Waals surface area (Å²) in [5.41, 5.74) is -2.36. The standard InChI is InChI=1S/C22H21F3N4O4/c1-9-12-5-13(12)10(2)29-8-27(9)22(33)18-20(31)19(30)15(7-28(18)29)21(32)26-6-14-16(24)3-11(23)4-17(14)25/h3-4,7,9-10,12-13,31H,5-6,8H2,1-2H3,(H,26,32). The number of hydrogen-bond donors (Lipinski definition) is 2. The second kappa shape index (κ2) is 7.26. The number of carbonyl (C=O) groups is 2. The van der Waals surface area contributed by atoms with E-state index < -0.39 is 58.1 Å². The molecular formula is C22H21F3N4O4. The second-order valence-corrected chi connectivity index (χ2v) is 8.84. The molecule has 3 heterocycles. The Bertz CT molecular complexity index is 1240. The summed E-state index contributed by atoms with van der Waals surface area (Å²) in [5.74, 6) is -5.19. The van der Waals surface area contributed by atoms with Crippen LogP contribution in [0.2, 0.25) is 0 Å². The molecular weight excluding hydrogens is 441 g/mol. The molecule has 174 valence electrons. The lowest BCUT2D eigenvalue weighted by atomic mass is 10.1. The molecule has 2 aromatic rings. The van der Waals surface area contributed by atoms with Crippen LogP contribution in [-0.2, 0) is 6.54 Å². The van der Waals surface area contributed by atoms with E-state index in [-0.39, 0.29) is 24.4 Å². The lowest BCUT2D eigenvalue weighted by molar-refractivity contribution is 0.0605. The molecule has 8 nitrogen and oxygen atoms in total. The van der Waals surface area contributed by atoms with Crippen molar-refractivity contribution in [1.29, 1.82) is 0 Å². The Labute approximate surface area is 186 Å². The lowest BCUT2D eigenvalue weighted by Gasteiger charge is -2.43. The number of aromatic hydroxyl groups is 1. The third-order valence-electron chi connectivity index (χ3n) is 7.07. The summed E-state index contributed by atoms with van der Waals surface area (Å²) in [5, 5.41) is 14.6. The smallest absolute Gasteiger partial charge is 0.278 e. The van der Waals surface area contributed by atoms with Crippen molar-refractivity contribution in [2.75, 3.05) is 11.7 Å². The molecule has 2 bridgehead atoms. The Balaban J connectivity index is 1.51. The first kappa shape index (κ1) is 21.4. The highest BCUT2D eigenvalue weighted by Crippen LogP contribution is 2.49. The van der Waals surface area contributed by atoms with Gasteiger partial charge in [0.05, 0.1) is 0 Å². The first-order valence-corrected chi connectivity index (χ1v) is 10.6. The first-order chi connectivity index (χ1) is 15.6. The van der Waals surface area contributed by atoms with Crippen LogP contribution in [0.4, 0.5) is 13.2 Å². The zero-order chi connectivity index (χ0) is 23.8. The Morgan fingerprint density at radius 1 is 1.12 bits per heavy atom. The van der Waals surface area contributed by atoms with Crippen molar-refractivity contribution in [3.05, 3.63) is 62.8 Å². The van der Waals surface area contributed by atoms with Gasteiger partial charge in [-0.05, 0) is 32.1 Å². The highest BCUT2D eigenvalue weighted by atomic mass is 19.1. The predicted octanol–water partition coefficient (Wildman–Crippen LogP) is 1.68. The Hall–Kier alpha value is -3.50. The molecule has 1 saturated heterocycles. The molecule has 1 aromatic carbocycles. The van der Waals surface area contributed by atoms with Gasteiger partial charge in [0.25, 0.3) is 11.8 Å². The summed E-state index contributed by atoms with van der Waals surface area (Å²) in [7, 11) is 0. The van der Waals surface area contributed by atoms with E-state index in [9.17, 15) is 32.7 Å². The number of benzene rings is 1. The zero-order valence-corrected chi connectivity index (χ0v) is 17.8. The van der Waals surface area contributed by atoms with E-state index in [2.05, 4.69) is 5.32 Å². The van der Waals surface area contributed by atoms with E-state index in [4.69, 9.17) is 0 Å². The van der Waals surface area contributed by atoms with Crippen LogP contribution in [0, 0.1) is 29.3 Å². The number of hydrogen-bond acceptors (Lipinski definition) is 5. The Morgan fingerprint density at radius 3 is 2.42 bits per heavy atom. The molecule has 2 fully saturated rings.